The standard InChI is InChI=1S/C17H22N2O4S/c1-12-6-7-15(11-13(12)2)24(21,22)18-9-8-17(20)19-14(3)16-5-4-10-23-16/h4-7,10-11,14,18H,8-9H2,1-3H3,(H,19,20)/t14-/m0/s1. The summed E-state index contributed by atoms with van der Waals surface area (Å²) in [5, 5.41) is 2.76. The van der Waals surface area contributed by atoms with Crippen molar-refractivity contribution in [3.8, 4) is 0 Å². The van der Waals surface area contributed by atoms with Gasteiger partial charge in [0.2, 0.25) is 15.9 Å². The van der Waals surface area contributed by atoms with Crippen molar-refractivity contribution in [1.82, 2.24) is 10.0 Å². The predicted molar refractivity (Wildman–Crippen MR) is 91.0 cm³/mol. The number of carbonyl (C=O) groups excluding carboxylic acids is 1. The zero-order chi connectivity index (χ0) is 17.7. The fourth-order valence-corrected chi connectivity index (χ4v) is 3.30. The maximum atomic E-state index is 12.2. The van der Waals surface area contributed by atoms with E-state index in [4.69, 9.17) is 4.42 Å². The first kappa shape index (κ1) is 18.2. The van der Waals surface area contributed by atoms with Crippen LogP contribution in [0.1, 0.15) is 36.3 Å². The van der Waals surface area contributed by atoms with Crippen LogP contribution in [0.3, 0.4) is 0 Å². The van der Waals surface area contributed by atoms with Gasteiger partial charge in [-0.25, -0.2) is 13.1 Å². The van der Waals surface area contributed by atoms with Gasteiger partial charge in [-0.2, -0.15) is 0 Å². The molecular weight excluding hydrogens is 328 g/mol. The Bertz CT molecular complexity index is 798. The lowest BCUT2D eigenvalue weighted by Crippen LogP contribution is -2.32. The van der Waals surface area contributed by atoms with Crippen LogP contribution in [-0.2, 0) is 14.8 Å². The molecule has 6 nitrogen and oxygen atoms in total. The predicted octanol–water partition coefficient (Wildman–Crippen LogP) is 2.44. The number of nitrogens with one attached hydrogen (secondary N) is 2. The van der Waals surface area contributed by atoms with E-state index in [1.54, 1.807) is 37.3 Å². The minimum absolute atomic E-state index is 0.0337. The fourth-order valence-electron chi connectivity index (χ4n) is 2.19. The molecule has 0 radical (unpaired) electrons. The average molecular weight is 350 g/mol. The average Bonchev–Trinajstić information content (AvgIpc) is 3.04. The number of furan rings is 1. The molecule has 2 aromatic rings. The SMILES string of the molecule is Cc1ccc(S(=O)(=O)NCCC(=O)N[C@@H](C)c2ccco2)cc1C. The maximum Gasteiger partial charge on any atom is 0.240 e. The molecule has 0 bridgehead atoms. The van der Waals surface area contributed by atoms with E-state index in [1.807, 2.05) is 13.8 Å². The summed E-state index contributed by atoms with van der Waals surface area (Å²) in [4.78, 5) is 12.1. The zero-order valence-electron chi connectivity index (χ0n) is 14.0. The number of hydrogen-bond acceptors (Lipinski definition) is 4. The number of aryl methyl sites for hydroxylation is 2. The van der Waals surface area contributed by atoms with Crippen molar-refractivity contribution in [3.05, 3.63) is 53.5 Å². The first-order valence-corrected chi connectivity index (χ1v) is 9.17. The van der Waals surface area contributed by atoms with E-state index in [0.717, 1.165) is 11.1 Å². The van der Waals surface area contributed by atoms with Gasteiger partial charge in [0.05, 0.1) is 17.2 Å². The van der Waals surface area contributed by atoms with E-state index in [1.165, 1.54) is 6.26 Å². The van der Waals surface area contributed by atoms with Crippen molar-refractivity contribution in [1.29, 1.82) is 0 Å². The van der Waals surface area contributed by atoms with Crippen LogP contribution in [-0.4, -0.2) is 20.9 Å². The van der Waals surface area contributed by atoms with Crippen LogP contribution < -0.4 is 10.0 Å². The van der Waals surface area contributed by atoms with Crippen molar-refractivity contribution in [2.45, 2.75) is 38.1 Å². The molecule has 130 valence electrons. The summed E-state index contributed by atoms with van der Waals surface area (Å²) >= 11 is 0. The summed E-state index contributed by atoms with van der Waals surface area (Å²) in [5.41, 5.74) is 1.93. The third-order valence-electron chi connectivity index (χ3n) is 3.78. The van der Waals surface area contributed by atoms with Gasteiger partial charge in [0.25, 0.3) is 0 Å². The normalized spacial score (nSPS) is 12.8. The number of rotatable bonds is 7. The van der Waals surface area contributed by atoms with Gasteiger partial charge < -0.3 is 9.73 Å². The monoisotopic (exact) mass is 350 g/mol. The number of hydrogen-bond donors (Lipinski definition) is 2. The molecule has 0 aliphatic rings. The molecule has 2 rings (SSSR count). The van der Waals surface area contributed by atoms with Crippen LogP contribution in [0.5, 0.6) is 0 Å². The molecule has 1 amide bonds. The summed E-state index contributed by atoms with van der Waals surface area (Å²) in [6.07, 6.45) is 1.59. The quantitative estimate of drug-likeness (QED) is 0.803. The summed E-state index contributed by atoms with van der Waals surface area (Å²) in [5.74, 6) is 0.403. The Balaban J connectivity index is 1.86. The highest BCUT2D eigenvalue weighted by Gasteiger charge is 2.16. The molecular formula is C17H22N2O4S. The number of carbonyl (C=O) groups is 1. The Morgan fingerprint density at radius 2 is 1.96 bits per heavy atom. The molecule has 0 saturated carbocycles. The van der Waals surface area contributed by atoms with Gasteiger partial charge in [-0.15, -0.1) is 0 Å². The van der Waals surface area contributed by atoms with Crippen LogP contribution in [0.4, 0.5) is 0 Å². The van der Waals surface area contributed by atoms with Crippen molar-refractivity contribution < 1.29 is 17.6 Å². The van der Waals surface area contributed by atoms with Gasteiger partial charge in [0.15, 0.2) is 0 Å². The minimum Gasteiger partial charge on any atom is -0.467 e. The molecule has 0 unspecified atom stereocenters. The number of benzene rings is 1. The van der Waals surface area contributed by atoms with E-state index in [0.29, 0.717) is 5.76 Å². The fraction of sp³-hybridized carbons (Fsp3) is 0.353. The van der Waals surface area contributed by atoms with Gasteiger partial charge in [0, 0.05) is 13.0 Å². The third kappa shape index (κ3) is 4.69. The number of amides is 1. The summed E-state index contributed by atoms with van der Waals surface area (Å²) < 4.78 is 32.1. The molecule has 0 fully saturated rings. The second-order valence-corrected chi connectivity index (χ2v) is 7.47. The van der Waals surface area contributed by atoms with Crippen molar-refractivity contribution in [2.24, 2.45) is 0 Å². The first-order valence-electron chi connectivity index (χ1n) is 7.69. The highest BCUT2D eigenvalue weighted by molar-refractivity contribution is 7.89. The second-order valence-electron chi connectivity index (χ2n) is 5.70. The van der Waals surface area contributed by atoms with Crippen LogP contribution in [0.15, 0.2) is 45.9 Å². The lowest BCUT2D eigenvalue weighted by atomic mass is 10.1. The molecule has 1 aromatic heterocycles. The summed E-state index contributed by atoms with van der Waals surface area (Å²) in [6, 6.07) is 8.20. The summed E-state index contributed by atoms with van der Waals surface area (Å²) in [6.45, 7) is 5.61. The van der Waals surface area contributed by atoms with E-state index in [2.05, 4.69) is 10.0 Å². The van der Waals surface area contributed by atoms with Crippen LogP contribution >= 0.6 is 0 Å². The van der Waals surface area contributed by atoms with Gasteiger partial charge in [-0.1, -0.05) is 6.07 Å². The van der Waals surface area contributed by atoms with E-state index >= 15 is 0 Å². The molecule has 2 N–H and O–H groups in total. The third-order valence-corrected chi connectivity index (χ3v) is 5.24. The molecule has 1 atom stereocenters. The Morgan fingerprint density at radius 3 is 2.58 bits per heavy atom. The molecule has 0 saturated heterocycles. The largest absolute Gasteiger partial charge is 0.467 e. The molecule has 1 aromatic carbocycles. The smallest absolute Gasteiger partial charge is 0.240 e. The molecule has 24 heavy (non-hydrogen) atoms. The highest BCUT2D eigenvalue weighted by Crippen LogP contribution is 2.15. The van der Waals surface area contributed by atoms with Gasteiger partial charge >= 0.3 is 0 Å². The van der Waals surface area contributed by atoms with Crippen LogP contribution in [0.2, 0.25) is 0 Å². The molecule has 0 spiro atoms. The molecule has 1 heterocycles. The lowest BCUT2D eigenvalue weighted by Gasteiger charge is -2.12. The van der Waals surface area contributed by atoms with E-state index in [-0.39, 0.29) is 29.8 Å². The maximum absolute atomic E-state index is 12.2. The topological polar surface area (TPSA) is 88.4 Å². The minimum atomic E-state index is -3.62. The Hall–Kier alpha value is -2.12. The highest BCUT2D eigenvalue weighted by atomic mass is 32.2. The zero-order valence-corrected chi connectivity index (χ0v) is 14.8. The second kappa shape index (κ2) is 7.63. The van der Waals surface area contributed by atoms with Crippen molar-refractivity contribution in [2.75, 3.05) is 6.54 Å². The van der Waals surface area contributed by atoms with E-state index < -0.39 is 10.0 Å². The van der Waals surface area contributed by atoms with E-state index in [9.17, 15) is 13.2 Å². The Labute approximate surface area is 142 Å². The summed E-state index contributed by atoms with van der Waals surface area (Å²) in [7, 11) is -3.62. The lowest BCUT2D eigenvalue weighted by molar-refractivity contribution is -0.121. The Morgan fingerprint density at radius 1 is 1.21 bits per heavy atom. The van der Waals surface area contributed by atoms with Crippen LogP contribution in [0.25, 0.3) is 0 Å². The van der Waals surface area contributed by atoms with Crippen LogP contribution in [0, 0.1) is 13.8 Å². The Kier molecular flexibility index (Phi) is 5.80. The van der Waals surface area contributed by atoms with Crippen molar-refractivity contribution >= 4 is 15.9 Å². The number of sulfonamides is 1. The molecule has 7 heteroatoms. The van der Waals surface area contributed by atoms with Crippen molar-refractivity contribution in [3.63, 3.8) is 0 Å². The molecule has 0 aliphatic heterocycles. The molecule has 0 aliphatic carbocycles. The van der Waals surface area contributed by atoms with Gasteiger partial charge in [-0.3, -0.25) is 4.79 Å². The first-order chi connectivity index (χ1) is 11.3. The van der Waals surface area contributed by atoms with Gasteiger partial charge in [0.1, 0.15) is 5.76 Å². The van der Waals surface area contributed by atoms with Gasteiger partial charge in [-0.05, 0) is 56.2 Å².